The van der Waals surface area contributed by atoms with Crippen molar-refractivity contribution in [3.05, 3.63) is 0 Å². The van der Waals surface area contributed by atoms with Crippen LogP contribution in [0.25, 0.3) is 0 Å². The van der Waals surface area contributed by atoms with Crippen LogP contribution in [-0.4, -0.2) is 50.3 Å². The third-order valence-corrected chi connectivity index (χ3v) is 5.33. The van der Waals surface area contributed by atoms with Gasteiger partial charge in [0.1, 0.15) is 0 Å². The van der Waals surface area contributed by atoms with Crippen molar-refractivity contribution in [1.82, 2.24) is 10.2 Å². The number of hydrogen-bond acceptors (Lipinski definition) is 3. The van der Waals surface area contributed by atoms with Crippen LogP contribution in [-0.2, 0) is 4.74 Å². The maximum absolute atomic E-state index is 5.86. The van der Waals surface area contributed by atoms with E-state index in [1.807, 2.05) is 0 Å². The number of hydrogen-bond donors (Lipinski definition) is 1. The van der Waals surface area contributed by atoms with E-state index in [0.717, 1.165) is 19.1 Å². The molecule has 1 heterocycles. The minimum absolute atomic E-state index is 0.394. The molecule has 1 saturated heterocycles. The second kappa shape index (κ2) is 7.24. The van der Waals surface area contributed by atoms with Crippen LogP contribution in [0.1, 0.15) is 52.9 Å². The lowest BCUT2D eigenvalue weighted by Crippen LogP contribution is -2.54. The van der Waals surface area contributed by atoms with Crippen molar-refractivity contribution < 1.29 is 4.74 Å². The Morgan fingerprint density at radius 2 is 2.15 bits per heavy atom. The summed E-state index contributed by atoms with van der Waals surface area (Å²) < 4.78 is 5.86. The van der Waals surface area contributed by atoms with Gasteiger partial charge >= 0.3 is 0 Å². The van der Waals surface area contributed by atoms with E-state index in [2.05, 4.69) is 38.0 Å². The summed E-state index contributed by atoms with van der Waals surface area (Å²) in [5, 5.41) is 3.47. The van der Waals surface area contributed by atoms with Crippen molar-refractivity contribution >= 4 is 0 Å². The van der Waals surface area contributed by atoms with E-state index in [-0.39, 0.29) is 0 Å². The van der Waals surface area contributed by atoms with Gasteiger partial charge in [0, 0.05) is 25.7 Å². The molecule has 2 aliphatic rings. The molecule has 0 bridgehead atoms. The average molecular weight is 282 g/mol. The van der Waals surface area contributed by atoms with Crippen LogP contribution >= 0.6 is 0 Å². The summed E-state index contributed by atoms with van der Waals surface area (Å²) in [5.41, 5.74) is 0.483. The first kappa shape index (κ1) is 16.3. The summed E-state index contributed by atoms with van der Waals surface area (Å²) in [4.78, 5) is 2.73. The molecule has 1 saturated carbocycles. The lowest BCUT2D eigenvalue weighted by Gasteiger charge is -2.47. The topological polar surface area (TPSA) is 24.5 Å². The van der Waals surface area contributed by atoms with Crippen LogP contribution in [0.5, 0.6) is 0 Å². The molecule has 1 aliphatic carbocycles. The van der Waals surface area contributed by atoms with Crippen molar-refractivity contribution in [2.75, 3.05) is 33.3 Å². The van der Waals surface area contributed by atoms with Gasteiger partial charge in [0.05, 0.1) is 12.7 Å². The zero-order valence-electron chi connectivity index (χ0n) is 14.0. The summed E-state index contributed by atoms with van der Waals surface area (Å²) in [5.74, 6) is 0.885. The van der Waals surface area contributed by atoms with Gasteiger partial charge in [-0.15, -0.1) is 0 Å². The number of nitrogens with one attached hydrogen (secondary N) is 1. The van der Waals surface area contributed by atoms with Crippen LogP contribution in [0, 0.1) is 11.3 Å². The number of ether oxygens (including phenoxy) is 1. The van der Waals surface area contributed by atoms with Gasteiger partial charge in [0.15, 0.2) is 0 Å². The highest BCUT2D eigenvalue weighted by molar-refractivity contribution is 4.92. The van der Waals surface area contributed by atoms with E-state index in [1.54, 1.807) is 0 Å². The van der Waals surface area contributed by atoms with Gasteiger partial charge in [0.2, 0.25) is 0 Å². The lowest BCUT2D eigenvalue weighted by molar-refractivity contribution is -0.0747. The lowest BCUT2D eigenvalue weighted by atomic mass is 9.69. The van der Waals surface area contributed by atoms with E-state index < -0.39 is 0 Å². The molecule has 0 radical (unpaired) electrons. The van der Waals surface area contributed by atoms with E-state index in [4.69, 9.17) is 4.74 Å². The molecule has 20 heavy (non-hydrogen) atoms. The SMILES string of the molecule is CCC1COC(C)CN1CC1(CNC)CCCC(C)C1. The molecule has 2 rings (SSSR count). The standard InChI is InChI=1S/C17H34N2O/c1-5-16-11-20-15(3)10-19(16)13-17(12-18-4)8-6-7-14(2)9-17/h14-16,18H,5-13H2,1-4H3. The minimum Gasteiger partial charge on any atom is -0.376 e. The third kappa shape index (κ3) is 3.96. The van der Waals surface area contributed by atoms with Gasteiger partial charge < -0.3 is 10.1 Å². The highest BCUT2D eigenvalue weighted by Crippen LogP contribution is 2.40. The third-order valence-electron chi connectivity index (χ3n) is 5.33. The van der Waals surface area contributed by atoms with Crippen molar-refractivity contribution in [3.8, 4) is 0 Å². The molecule has 0 aromatic carbocycles. The zero-order chi connectivity index (χ0) is 14.6. The number of morpholine rings is 1. The smallest absolute Gasteiger partial charge is 0.0674 e. The zero-order valence-corrected chi connectivity index (χ0v) is 14.0. The van der Waals surface area contributed by atoms with E-state index in [0.29, 0.717) is 17.6 Å². The Kier molecular flexibility index (Phi) is 5.88. The van der Waals surface area contributed by atoms with Crippen LogP contribution in [0.2, 0.25) is 0 Å². The first-order chi connectivity index (χ1) is 9.58. The first-order valence-electron chi connectivity index (χ1n) is 8.59. The Labute approximate surface area is 125 Å². The first-order valence-corrected chi connectivity index (χ1v) is 8.59. The van der Waals surface area contributed by atoms with Crippen molar-refractivity contribution in [2.24, 2.45) is 11.3 Å². The Balaban J connectivity index is 2.05. The molecule has 0 aromatic heterocycles. The molecular weight excluding hydrogens is 248 g/mol. The maximum atomic E-state index is 5.86. The Hall–Kier alpha value is -0.120. The molecule has 0 amide bonds. The van der Waals surface area contributed by atoms with Crippen molar-refractivity contribution in [2.45, 2.75) is 65.0 Å². The quantitative estimate of drug-likeness (QED) is 0.839. The second-order valence-corrected chi connectivity index (χ2v) is 7.37. The minimum atomic E-state index is 0.394. The van der Waals surface area contributed by atoms with Gasteiger partial charge in [-0.3, -0.25) is 4.90 Å². The molecule has 4 unspecified atom stereocenters. The van der Waals surface area contributed by atoms with Gasteiger partial charge in [-0.1, -0.05) is 26.7 Å². The fourth-order valence-electron chi connectivity index (χ4n) is 4.42. The molecule has 0 aromatic rings. The van der Waals surface area contributed by atoms with Crippen LogP contribution < -0.4 is 5.32 Å². The second-order valence-electron chi connectivity index (χ2n) is 7.37. The molecule has 118 valence electrons. The normalized spacial score (nSPS) is 39.9. The molecule has 3 heteroatoms. The monoisotopic (exact) mass is 282 g/mol. The van der Waals surface area contributed by atoms with E-state index in [9.17, 15) is 0 Å². The fraction of sp³-hybridized carbons (Fsp3) is 1.00. The molecule has 2 fully saturated rings. The predicted octanol–water partition coefficient (Wildman–Crippen LogP) is 2.90. The summed E-state index contributed by atoms with van der Waals surface area (Å²) in [6.07, 6.45) is 7.20. The molecule has 1 N–H and O–H groups in total. The molecule has 0 spiro atoms. The van der Waals surface area contributed by atoms with E-state index >= 15 is 0 Å². The fourth-order valence-corrected chi connectivity index (χ4v) is 4.42. The molecule has 4 atom stereocenters. The largest absolute Gasteiger partial charge is 0.376 e. The van der Waals surface area contributed by atoms with Gasteiger partial charge in [-0.05, 0) is 44.6 Å². The molecule has 3 nitrogen and oxygen atoms in total. The average Bonchev–Trinajstić information content (AvgIpc) is 2.39. The Morgan fingerprint density at radius 3 is 2.80 bits per heavy atom. The van der Waals surface area contributed by atoms with Gasteiger partial charge in [-0.25, -0.2) is 0 Å². The number of nitrogens with zero attached hydrogens (tertiary/aromatic N) is 1. The van der Waals surface area contributed by atoms with Gasteiger partial charge in [-0.2, -0.15) is 0 Å². The Bertz CT molecular complexity index is 293. The van der Waals surface area contributed by atoms with Crippen molar-refractivity contribution in [3.63, 3.8) is 0 Å². The summed E-state index contributed by atoms with van der Waals surface area (Å²) in [6.45, 7) is 11.4. The Morgan fingerprint density at radius 1 is 1.35 bits per heavy atom. The summed E-state index contributed by atoms with van der Waals surface area (Å²) in [7, 11) is 2.11. The highest BCUT2D eigenvalue weighted by atomic mass is 16.5. The van der Waals surface area contributed by atoms with Crippen LogP contribution in [0.3, 0.4) is 0 Å². The molecular formula is C17H34N2O. The molecule has 1 aliphatic heterocycles. The van der Waals surface area contributed by atoms with Crippen LogP contribution in [0.15, 0.2) is 0 Å². The van der Waals surface area contributed by atoms with Gasteiger partial charge in [0.25, 0.3) is 0 Å². The predicted molar refractivity (Wildman–Crippen MR) is 85.1 cm³/mol. The maximum Gasteiger partial charge on any atom is 0.0674 e. The number of rotatable bonds is 5. The van der Waals surface area contributed by atoms with E-state index in [1.165, 1.54) is 45.2 Å². The van der Waals surface area contributed by atoms with Crippen molar-refractivity contribution in [1.29, 1.82) is 0 Å². The van der Waals surface area contributed by atoms with Crippen LogP contribution in [0.4, 0.5) is 0 Å². The summed E-state index contributed by atoms with van der Waals surface area (Å²) >= 11 is 0. The highest BCUT2D eigenvalue weighted by Gasteiger charge is 2.38. The summed E-state index contributed by atoms with van der Waals surface area (Å²) in [6, 6.07) is 0.622.